The lowest BCUT2D eigenvalue weighted by Gasteiger charge is -2.34. The number of carbonyl (C=O) groups is 1. The fourth-order valence-corrected chi connectivity index (χ4v) is 3.96. The number of amides is 1. The Kier molecular flexibility index (Phi) is 9.75. The molecule has 142 valence electrons. The monoisotopic (exact) mass is 392 g/mol. The van der Waals surface area contributed by atoms with Crippen LogP contribution < -0.4 is 10.6 Å². The standard InChI is InChI=1S/C18H26F2N2OS.ClH/c1-3-4-9-24-12(2)18(23)22-17-11-21-8-7-14(17)13-5-6-15(19)16(20)10-13;/h5-6,10,12,14,17,21H,3-4,7-9,11H2,1-2H3,(H,22,23);1H. The van der Waals surface area contributed by atoms with Crippen molar-refractivity contribution in [2.75, 3.05) is 18.8 Å². The number of nitrogens with one attached hydrogen (secondary N) is 2. The molecule has 0 bridgehead atoms. The molecule has 3 unspecified atom stereocenters. The van der Waals surface area contributed by atoms with E-state index in [4.69, 9.17) is 0 Å². The van der Waals surface area contributed by atoms with Gasteiger partial charge >= 0.3 is 0 Å². The summed E-state index contributed by atoms with van der Waals surface area (Å²) in [6.45, 7) is 5.49. The maximum atomic E-state index is 13.5. The van der Waals surface area contributed by atoms with Crippen molar-refractivity contribution in [1.29, 1.82) is 0 Å². The molecular formula is C18H27ClF2N2OS. The van der Waals surface area contributed by atoms with Crippen LogP contribution in [-0.2, 0) is 4.79 Å². The zero-order chi connectivity index (χ0) is 17.5. The molecule has 2 N–H and O–H groups in total. The van der Waals surface area contributed by atoms with Crippen LogP contribution in [0.25, 0.3) is 0 Å². The fraction of sp³-hybridized carbons (Fsp3) is 0.611. The molecule has 1 saturated heterocycles. The average molecular weight is 393 g/mol. The van der Waals surface area contributed by atoms with Gasteiger partial charge in [0, 0.05) is 18.5 Å². The minimum absolute atomic E-state index is 0. The second kappa shape index (κ2) is 11.0. The highest BCUT2D eigenvalue weighted by Crippen LogP contribution is 2.27. The molecule has 7 heteroatoms. The largest absolute Gasteiger partial charge is 0.351 e. The van der Waals surface area contributed by atoms with Gasteiger partial charge in [0.1, 0.15) is 0 Å². The first kappa shape index (κ1) is 22.2. The predicted molar refractivity (Wildman–Crippen MR) is 103 cm³/mol. The van der Waals surface area contributed by atoms with Crippen LogP contribution in [0.3, 0.4) is 0 Å². The van der Waals surface area contributed by atoms with Gasteiger partial charge in [-0.25, -0.2) is 8.78 Å². The van der Waals surface area contributed by atoms with Crippen molar-refractivity contribution in [2.45, 2.75) is 50.3 Å². The van der Waals surface area contributed by atoms with Gasteiger partial charge in [-0.1, -0.05) is 19.4 Å². The Labute approximate surface area is 159 Å². The van der Waals surface area contributed by atoms with Crippen LogP contribution in [0.4, 0.5) is 8.78 Å². The molecule has 0 aliphatic carbocycles. The highest BCUT2D eigenvalue weighted by atomic mass is 35.5. The summed E-state index contributed by atoms with van der Waals surface area (Å²) in [5, 5.41) is 6.25. The summed E-state index contributed by atoms with van der Waals surface area (Å²) in [6.07, 6.45) is 3.00. The van der Waals surface area contributed by atoms with E-state index in [1.807, 2.05) is 6.92 Å². The van der Waals surface area contributed by atoms with Gasteiger partial charge in [0.25, 0.3) is 0 Å². The lowest BCUT2D eigenvalue weighted by molar-refractivity contribution is -0.121. The van der Waals surface area contributed by atoms with Crippen molar-refractivity contribution in [3.05, 3.63) is 35.4 Å². The number of thioether (sulfide) groups is 1. The summed E-state index contributed by atoms with van der Waals surface area (Å²) in [5.74, 6) is -0.690. The normalized spacial score (nSPS) is 21.3. The number of hydrogen-bond acceptors (Lipinski definition) is 3. The summed E-state index contributed by atoms with van der Waals surface area (Å²) in [6, 6.07) is 3.93. The molecule has 1 amide bonds. The summed E-state index contributed by atoms with van der Waals surface area (Å²) in [5.41, 5.74) is 0.743. The Balaban J connectivity index is 0.00000312. The van der Waals surface area contributed by atoms with Crippen molar-refractivity contribution in [2.24, 2.45) is 0 Å². The van der Waals surface area contributed by atoms with E-state index in [9.17, 15) is 13.6 Å². The molecule has 1 aromatic rings. The molecule has 2 rings (SSSR count). The minimum Gasteiger partial charge on any atom is -0.351 e. The van der Waals surface area contributed by atoms with Crippen LogP contribution in [-0.4, -0.2) is 36.0 Å². The van der Waals surface area contributed by atoms with Gasteiger partial charge in [0.2, 0.25) is 5.91 Å². The number of benzene rings is 1. The van der Waals surface area contributed by atoms with Gasteiger partial charge < -0.3 is 10.6 Å². The lowest BCUT2D eigenvalue weighted by Crippen LogP contribution is -2.51. The molecule has 1 aromatic carbocycles. The molecule has 1 fully saturated rings. The summed E-state index contributed by atoms with van der Waals surface area (Å²) in [7, 11) is 0. The third-order valence-electron chi connectivity index (χ3n) is 4.42. The van der Waals surface area contributed by atoms with Crippen molar-refractivity contribution >= 4 is 30.1 Å². The second-order valence-electron chi connectivity index (χ2n) is 6.25. The second-order valence-corrected chi connectivity index (χ2v) is 7.70. The van der Waals surface area contributed by atoms with Gasteiger partial charge in [-0.2, -0.15) is 0 Å². The summed E-state index contributed by atoms with van der Waals surface area (Å²) < 4.78 is 26.7. The van der Waals surface area contributed by atoms with E-state index in [-0.39, 0.29) is 35.5 Å². The quantitative estimate of drug-likeness (QED) is 0.692. The molecule has 1 aliphatic rings. The van der Waals surface area contributed by atoms with Crippen LogP contribution >= 0.6 is 24.2 Å². The number of piperidine rings is 1. The Hall–Kier alpha value is -0.850. The highest BCUT2D eigenvalue weighted by molar-refractivity contribution is 8.00. The average Bonchev–Trinajstić information content (AvgIpc) is 2.58. The van der Waals surface area contributed by atoms with Crippen LogP contribution in [0.5, 0.6) is 0 Å². The van der Waals surface area contributed by atoms with E-state index < -0.39 is 11.6 Å². The molecule has 25 heavy (non-hydrogen) atoms. The molecule has 3 nitrogen and oxygen atoms in total. The molecule has 3 atom stereocenters. The fourth-order valence-electron chi connectivity index (χ4n) is 2.93. The van der Waals surface area contributed by atoms with Crippen molar-refractivity contribution in [3.63, 3.8) is 0 Å². The lowest BCUT2D eigenvalue weighted by atomic mass is 9.86. The first-order valence-corrected chi connectivity index (χ1v) is 9.65. The summed E-state index contributed by atoms with van der Waals surface area (Å²) >= 11 is 1.66. The number of hydrogen-bond donors (Lipinski definition) is 2. The molecule has 1 heterocycles. The number of carbonyl (C=O) groups excluding carboxylic acids is 1. The number of halogens is 3. The van der Waals surface area contributed by atoms with Gasteiger partial charge in [-0.3, -0.25) is 4.79 Å². The van der Waals surface area contributed by atoms with E-state index >= 15 is 0 Å². The maximum absolute atomic E-state index is 13.5. The summed E-state index contributed by atoms with van der Waals surface area (Å²) in [4.78, 5) is 12.4. The Morgan fingerprint density at radius 2 is 2.16 bits per heavy atom. The van der Waals surface area contributed by atoms with E-state index in [1.54, 1.807) is 17.8 Å². The third-order valence-corrected chi connectivity index (χ3v) is 5.65. The minimum atomic E-state index is -0.839. The van der Waals surface area contributed by atoms with E-state index in [0.29, 0.717) is 6.54 Å². The SMILES string of the molecule is CCCCSC(C)C(=O)NC1CNCCC1c1ccc(F)c(F)c1.Cl. The van der Waals surface area contributed by atoms with E-state index in [1.165, 1.54) is 6.07 Å². The number of rotatable bonds is 7. The highest BCUT2D eigenvalue weighted by Gasteiger charge is 2.29. The Morgan fingerprint density at radius 1 is 1.40 bits per heavy atom. The molecule has 0 aromatic heterocycles. The van der Waals surface area contributed by atoms with Gasteiger partial charge in [-0.05, 0) is 49.8 Å². The Morgan fingerprint density at radius 3 is 2.84 bits per heavy atom. The van der Waals surface area contributed by atoms with Crippen molar-refractivity contribution < 1.29 is 13.6 Å². The van der Waals surface area contributed by atoms with E-state index in [2.05, 4.69) is 17.6 Å². The smallest absolute Gasteiger partial charge is 0.233 e. The first-order valence-electron chi connectivity index (χ1n) is 8.60. The van der Waals surface area contributed by atoms with Gasteiger partial charge in [0.05, 0.1) is 5.25 Å². The van der Waals surface area contributed by atoms with Crippen LogP contribution in [0.15, 0.2) is 18.2 Å². The van der Waals surface area contributed by atoms with Crippen molar-refractivity contribution in [3.8, 4) is 0 Å². The molecule has 0 spiro atoms. The molecule has 0 radical (unpaired) electrons. The molecule has 0 saturated carbocycles. The molecular weight excluding hydrogens is 366 g/mol. The predicted octanol–water partition coefficient (Wildman–Crippen LogP) is 3.87. The van der Waals surface area contributed by atoms with Crippen molar-refractivity contribution in [1.82, 2.24) is 10.6 Å². The van der Waals surface area contributed by atoms with E-state index in [0.717, 1.165) is 43.2 Å². The van der Waals surface area contributed by atoms with Crippen LogP contribution in [0.2, 0.25) is 0 Å². The third kappa shape index (κ3) is 6.42. The van der Waals surface area contributed by atoms with Crippen LogP contribution in [0.1, 0.15) is 44.6 Å². The number of unbranched alkanes of at least 4 members (excludes halogenated alkanes) is 1. The zero-order valence-corrected chi connectivity index (χ0v) is 16.3. The zero-order valence-electron chi connectivity index (χ0n) is 14.7. The maximum Gasteiger partial charge on any atom is 0.233 e. The topological polar surface area (TPSA) is 41.1 Å². The Bertz CT molecular complexity index is 562. The first-order chi connectivity index (χ1) is 11.5. The van der Waals surface area contributed by atoms with Gasteiger partial charge in [0.15, 0.2) is 11.6 Å². The van der Waals surface area contributed by atoms with Gasteiger partial charge in [-0.15, -0.1) is 24.2 Å². The molecule has 1 aliphatic heterocycles. The van der Waals surface area contributed by atoms with Crippen LogP contribution in [0, 0.1) is 11.6 Å².